The zero-order valence-electron chi connectivity index (χ0n) is 11.2. The van der Waals surface area contributed by atoms with Gasteiger partial charge in [-0.05, 0) is 27.4 Å². The van der Waals surface area contributed by atoms with Crippen LogP contribution in [0.3, 0.4) is 0 Å². The first-order valence-electron chi connectivity index (χ1n) is 6.06. The van der Waals surface area contributed by atoms with Gasteiger partial charge in [-0.2, -0.15) is 0 Å². The number of carbonyl (C=O) groups is 1. The van der Waals surface area contributed by atoms with E-state index in [-0.39, 0.29) is 17.5 Å². The topological polar surface area (TPSA) is 77.9 Å². The smallest absolute Gasteiger partial charge is 0.320 e. The Morgan fingerprint density at radius 2 is 2.00 bits per heavy atom. The Morgan fingerprint density at radius 1 is 1.39 bits per heavy atom. The van der Waals surface area contributed by atoms with Crippen LogP contribution in [-0.2, 0) is 14.6 Å². The Bertz CT molecular complexity index is 394. The van der Waals surface area contributed by atoms with Crippen LogP contribution in [0.15, 0.2) is 0 Å². The van der Waals surface area contributed by atoms with Gasteiger partial charge >= 0.3 is 5.97 Å². The van der Waals surface area contributed by atoms with Crippen molar-refractivity contribution in [2.24, 2.45) is 0 Å². The highest BCUT2D eigenvalue weighted by molar-refractivity contribution is 7.91. The largest absolute Gasteiger partial charge is 0.480 e. The van der Waals surface area contributed by atoms with Crippen molar-refractivity contribution in [1.82, 2.24) is 9.80 Å². The van der Waals surface area contributed by atoms with Crippen LogP contribution in [0.5, 0.6) is 0 Å². The summed E-state index contributed by atoms with van der Waals surface area (Å²) in [7, 11) is 0.837. The second kappa shape index (κ2) is 5.99. The molecule has 1 aliphatic heterocycles. The number of aliphatic carboxylic acids is 1. The predicted octanol–water partition coefficient (Wildman–Crippen LogP) is -0.490. The second-order valence-electron chi connectivity index (χ2n) is 5.11. The molecule has 0 aromatic carbocycles. The molecule has 1 saturated heterocycles. The predicted molar refractivity (Wildman–Crippen MR) is 69.4 cm³/mol. The summed E-state index contributed by atoms with van der Waals surface area (Å²) in [5, 5.41) is 9.10. The van der Waals surface area contributed by atoms with Gasteiger partial charge in [0.05, 0.1) is 11.5 Å². The Morgan fingerprint density at radius 3 is 2.39 bits per heavy atom. The monoisotopic (exact) mass is 278 g/mol. The molecule has 1 N–H and O–H groups in total. The molecule has 1 rings (SSSR count). The highest BCUT2D eigenvalue weighted by Gasteiger charge is 2.36. The van der Waals surface area contributed by atoms with Crippen LogP contribution < -0.4 is 0 Å². The van der Waals surface area contributed by atoms with Crippen molar-refractivity contribution in [3.05, 3.63) is 0 Å². The van der Waals surface area contributed by atoms with Crippen molar-refractivity contribution in [2.75, 3.05) is 38.7 Å². The van der Waals surface area contributed by atoms with Crippen LogP contribution in [0.1, 0.15) is 13.3 Å². The summed E-state index contributed by atoms with van der Waals surface area (Å²) < 4.78 is 23.0. The highest BCUT2D eigenvalue weighted by atomic mass is 32.2. The molecule has 6 nitrogen and oxygen atoms in total. The average Bonchev–Trinajstić information content (AvgIpc) is 2.58. The van der Waals surface area contributed by atoms with Crippen LogP contribution >= 0.6 is 0 Å². The van der Waals surface area contributed by atoms with Crippen molar-refractivity contribution < 1.29 is 18.3 Å². The average molecular weight is 278 g/mol. The number of rotatable bonds is 6. The van der Waals surface area contributed by atoms with E-state index in [2.05, 4.69) is 0 Å². The normalized spacial score (nSPS) is 24.6. The summed E-state index contributed by atoms with van der Waals surface area (Å²) >= 11 is 0. The van der Waals surface area contributed by atoms with Crippen LogP contribution in [0.25, 0.3) is 0 Å². The molecule has 0 aromatic heterocycles. The summed E-state index contributed by atoms with van der Waals surface area (Å²) in [6.07, 6.45) is 0.535. The van der Waals surface area contributed by atoms with Crippen molar-refractivity contribution in [3.63, 3.8) is 0 Å². The van der Waals surface area contributed by atoms with Gasteiger partial charge in [0.2, 0.25) is 0 Å². The first kappa shape index (κ1) is 15.4. The van der Waals surface area contributed by atoms with E-state index in [0.29, 0.717) is 19.5 Å². The van der Waals surface area contributed by atoms with Gasteiger partial charge in [0.15, 0.2) is 9.84 Å². The fourth-order valence-electron chi connectivity index (χ4n) is 2.19. The zero-order valence-corrected chi connectivity index (χ0v) is 12.0. The van der Waals surface area contributed by atoms with E-state index in [1.807, 2.05) is 19.0 Å². The third kappa shape index (κ3) is 4.22. The zero-order chi connectivity index (χ0) is 13.9. The van der Waals surface area contributed by atoms with Crippen LogP contribution in [-0.4, -0.2) is 80.1 Å². The summed E-state index contributed by atoms with van der Waals surface area (Å²) in [6.45, 7) is 2.90. The maximum Gasteiger partial charge on any atom is 0.320 e. The summed E-state index contributed by atoms with van der Waals surface area (Å²) in [4.78, 5) is 14.9. The number of hydrogen-bond donors (Lipinski definition) is 1. The third-order valence-corrected chi connectivity index (χ3v) is 5.09. The van der Waals surface area contributed by atoms with Gasteiger partial charge in [0.1, 0.15) is 6.04 Å². The minimum Gasteiger partial charge on any atom is -0.480 e. The summed E-state index contributed by atoms with van der Waals surface area (Å²) in [5.74, 6) is -0.654. The first-order chi connectivity index (χ1) is 8.23. The Labute approximate surface area is 108 Å². The SMILES string of the molecule is CC(C(=O)O)N(CCN(C)C)C1CCS(=O)(=O)C1. The van der Waals surface area contributed by atoms with Gasteiger partial charge in [0.25, 0.3) is 0 Å². The van der Waals surface area contributed by atoms with Gasteiger partial charge in [0, 0.05) is 19.1 Å². The Hall–Kier alpha value is -0.660. The summed E-state index contributed by atoms with van der Waals surface area (Å²) in [5.41, 5.74) is 0. The molecule has 0 radical (unpaired) electrons. The van der Waals surface area contributed by atoms with Crippen LogP contribution in [0.4, 0.5) is 0 Å². The molecule has 106 valence electrons. The van der Waals surface area contributed by atoms with Crippen LogP contribution in [0.2, 0.25) is 0 Å². The fourth-order valence-corrected chi connectivity index (χ4v) is 3.93. The molecule has 0 amide bonds. The molecule has 1 aliphatic rings. The van der Waals surface area contributed by atoms with E-state index in [9.17, 15) is 13.2 Å². The lowest BCUT2D eigenvalue weighted by atomic mass is 10.1. The molecule has 0 aliphatic carbocycles. The lowest BCUT2D eigenvalue weighted by molar-refractivity contribution is -0.143. The minimum atomic E-state index is -2.99. The van der Waals surface area contributed by atoms with Gasteiger partial charge in [-0.3, -0.25) is 9.69 Å². The molecular weight excluding hydrogens is 256 g/mol. The molecule has 1 fully saturated rings. The van der Waals surface area contributed by atoms with Crippen molar-refractivity contribution in [2.45, 2.75) is 25.4 Å². The van der Waals surface area contributed by atoms with E-state index in [1.165, 1.54) is 0 Å². The molecule has 0 spiro atoms. The number of likely N-dealkylation sites (N-methyl/N-ethyl adjacent to an activating group) is 1. The molecular formula is C11H22N2O4S. The number of nitrogens with zero attached hydrogens (tertiary/aromatic N) is 2. The molecule has 0 bridgehead atoms. The standard InChI is InChI=1S/C11H22N2O4S/c1-9(11(14)15)13(6-5-12(2)3)10-4-7-18(16,17)8-10/h9-10H,4-8H2,1-3H3,(H,14,15). The van der Waals surface area contributed by atoms with Crippen molar-refractivity contribution in [3.8, 4) is 0 Å². The molecule has 0 aromatic rings. The number of carboxylic acids is 1. The quantitative estimate of drug-likeness (QED) is 0.706. The van der Waals surface area contributed by atoms with E-state index >= 15 is 0 Å². The van der Waals surface area contributed by atoms with Gasteiger partial charge in [-0.15, -0.1) is 0 Å². The molecule has 18 heavy (non-hydrogen) atoms. The molecule has 1 heterocycles. The summed E-state index contributed by atoms with van der Waals surface area (Å²) in [6, 6.07) is -0.815. The van der Waals surface area contributed by atoms with Crippen molar-refractivity contribution >= 4 is 15.8 Å². The maximum atomic E-state index is 11.5. The van der Waals surface area contributed by atoms with E-state index in [0.717, 1.165) is 0 Å². The number of carboxylic acid groups (broad SMARTS) is 1. The molecule has 0 saturated carbocycles. The fraction of sp³-hybridized carbons (Fsp3) is 0.909. The minimum absolute atomic E-state index is 0.0814. The first-order valence-corrected chi connectivity index (χ1v) is 7.89. The Balaban J connectivity index is 2.74. The van der Waals surface area contributed by atoms with E-state index in [4.69, 9.17) is 5.11 Å². The molecule has 2 unspecified atom stereocenters. The van der Waals surface area contributed by atoms with E-state index in [1.54, 1.807) is 11.8 Å². The third-order valence-electron chi connectivity index (χ3n) is 3.34. The maximum absolute atomic E-state index is 11.5. The second-order valence-corrected chi connectivity index (χ2v) is 7.34. The van der Waals surface area contributed by atoms with Gasteiger partial charge in [-0.1, -0.05) is 0 Å². The number of hydrogen-bond acceptors (Lipinski definition) is 5. The van der Waals surface area contributed by atoms with E-state index < -0.39 is 21.8 Å². The molecule has 2 atom stereocenters. The lowest BCUT2D eigenvalue weighted by Gasteiger charge is -2.32. The van der Waals surface area contributed by atoms with Gasteiger partial charge in [-0.25, -0.2) is 8.42 Å². The lowest BCUT2D eigenvalue weighted by Crippen LogP contribution is -2.48. The van der Waals surface area contributed by atoms with Crippen LogP contribution in [0, 0.1) is 0 Å². The molecule has 7 heteroatoms. The highest BCUT2D eigenvalue weighted by Crippen LogP contribution is 2.19. The van der Waals surface area contributed by atoms with Crippen molar-refractivity contribution in [1.29, 1.82) is 0 Å². The Kier molecular flexibility index (Phi) is 5.12. The van der Waals surface area contributed by atoms with Gasteiger partial charge < -0.3 is 10.0 Å². The number of sulfone groups is 1.